The van der Waals surface area contributed by atoms with Gasteiger partial charge in [0.25, 0.3) is 7.82 Å². The summed E-state index contributed by atoms with van der Waals surface area (Å²) in [7, 11) is 1.19. The first-order chi connectivity index (χ1) is 37.4. The van der Waals surface area contributed by atoms with Gasteiger partial charge in [-0.3, -0.25) is 14.2 Å². The maximum Gasteiger partial charge on any atom is 0.306 e. The molecule has 77 heavy (non-hydrogen) atoms. The molecule has 0 aromatic rings. The number of nitrogens with zero attached hydrogens (tertiary/aromatic N) is 1. The predicted molar refractivity (Wildman–Crippen MR) is 330 cm³/mol. The molecule has 0 aromatic carbocycles. The normalized spacial score (nSPS) is 14.0. The zero-order valence-corrected chi connectivity index (χ0v) is 52.3. The van der Waals surface area contributed by atoms with E-state index in [1.165, 1.54) is 180 Å². The summed E-state index contributed by atoms with van der Waals surface area (Å²) in [6.45, 7) is 6.83. The van der Waals surface area contributed by atoms with Crippen LogP contribution in [0.4, 0.5) is 0 Å². The maximum absolute atomic E-state index is 13.5. The zero-order valence-electron chi connectivity index (χ0n) is 51.4. The standard InChI is InChI=1S/C67H125N2O7P/c1-7-10-13-16-19-22-25-27-29-30-31-32-33-34-35-36-37-38-40-41-44-47-50-53-56-59-66(70)68-64(63-75-77(72,73)74-62-61-69(4,5)6)65(58-55-52-49-46-43-24-21-18-15-12-9-3)76-67(71)60-57-54-51-48-45-42-39-28-26-23-20-17-14-11-8-2/h19,22,27,29,31-32,34-35,55,58,64-65H,7-18,20-21,23-26,28,30,33,36-54,56-57,59-63H2,1-6H3,(H-,68,70,72,73)/b22-19-,29-27-,32-31-,35-34-,58-55-. The average molecular weight is 1100 g/mol. The van der Waals surface area contributed by atoms with Crippen LogP contribution in [-0.4, -0.2) is 69.4 Å². The van der Waals surface area contributed by atoms with Crippen LogP contribution in [0.3, 0.4) is 0 Å². The van der Waals surface area contributed by atoms with E-state index in [2.05, 4.69) is 74.7 Å². The molecule has 0 heterocycles. The van der Waals surface area contributed by atoms with Crippen LogP contribution in [0.1, 0.15) is 303 Å². The SMILES string of the molecule is CCCCC/C=C\C/C=C\C/C=C\C/C=C\CCCCCCCCCCCC(=O)NC(COP(=O)([O-])OCC[N+](C)(C)C)C(/C=C\CCCCCCCCCCC)OC(=O)CCCCCCCCCCCCCCCCC. The molecule has 10 heteroatoms. The van der Waals surface area contributed by atoms with Crippen molar-refractivity contribution in [3.05, 3.63) is 60.8 Å². The van der Waals surface area contributed by atoms with E-state index >= 15 is 0 Å². The summed E-state index contributed by atoms with van der Waals surface area (Å²) in [5.41, 5.74) is 0. The Labute approximate surface area is 477 Å². The number of unbranched alkanes of at least 4 members (excludes halogenated alkanes) is 35. The zero-order chi connectivity index (χ0) is 56.4. The number of quaternary nitrogens is 1. The number of phosphoric acid groups is 1. The van der Waals surface area contributed by atoms with E-state index in [-0.39, 0.29) is 31.5 Å². The number of allylic oxidation sites excluding steroid dienone is 9. The number of carbonyl (C=O) groups is 2. The number of nitrogens with one attached hydrogen (secondary N) is 1. The molecule has 0 rings (SSSR count). The molecule has 0 bridgehead atoms. The van der Waals surface area contributed by atoms with Crippen molar-refractivity contribution in [2.45, 2.75) is 315 Å². The maximum atomic E-state index is 13.5. The summed E-state index contributed by atoms with van der Waals surface area (Å²) in [6, 6.07) is -0.890. The van der Waals surface area contributed by atoms with Crippen LogP contribution in [0.2, 0.25) is 0 Å². The second kappa shape index (κ2) is 57.0. The molecule has 3 atom stereocenters. The van der Waals surface area contributed by atoms with Crippen molar-refractivity contribution < 1.29 is 37.3 Å². The molecule has 3 unspecified atom stereocenters. The minimum atomic E-state index is -4.70. The van der Waals surface area contributed by atoms with Crippen molar-refractivity contribution in [3.8, 4) is 0 Å². The summed E-state index contributed by atoms with van der Waals surface area (Å²) < 4.78 is 30.3. The number of carbonyl (C=O) groups excluding carboxylic acids is 2. The Bertz CT molecular complexity index is 1500. The van der Waals surface area contributed by atoms with Crippen molar-refractivity contribution in [1.82, 2.24) is 5.32 Å². The number of phosphoric ester groups is 1. The Morgan fingerprint density at radius 2 is 0.792 bits per heavy atom. The number of rotatable bonds is 59. The number of ether oxygens (including phenoxy) is 1. The Balaban J connectivity index is 5.10. The van der Waals surface area contributed by atoms with E-state index < -0.39 is 20.0 Å². The van der Waals surface area contributed by atoms with E-state index in [1.807, 2.05) is 33.3 Å². The van der Waals surface area contributed by atoms with Gasteiger partial charge in [-0.1, -0.05) is 275 Å². The lowest BCUT2D eigenvalue weighted by Crippen LogP contribution is -2.47. The van der Waals surface area contributed by atoms with Crippen LogP contribution in [0.15, 0.2) is 60.8 Å². The van der Waals surface area contributed by atoms with Crippen molar-refractivity contribution in [3.63, 3.8) is 0 Å². The molecule has 0 radical (unpaired) electrons. The molecule has 0 spiro atoms. The highest BCUT2D eigenvalue weighted by molar-refractivity contribution is 7.45. The van der Waals surface area contributed by atoms with E-state index in [4.69, 9.17) is 13.8 Å². The second-order valence-electron chi connectivity index (χ2n) is 23.3. The summed E-state index contributed by atoms with van der Waals surface area (Å²) in [6.07, 6.45) is 71.9. The van der Waals surface area contributed by atoms with Gasteiger partial charge < -0.3 is 28.5 Å². The summed E-state index contributed by atoms with van der Waals surface area (Å²) in [5.74, 6) is -0.539. The molecule has 450 valence electrons. The Kier molecular flexibility index (Phi) is 55.3. The molecule has 0 saturated carbocycles. The van der Waals surface area contributed by atoms with Crippen LogP contribution in [0, 0.1) is 0 Å². The topological polar surface area (TPSA) is 114 Å². The minimum Gasteiger partial charge on any atom is -0.756 e. The molecule has 0 aliphatic heterocycles. The van der Waals surface area contributed by atoms with Crippen molar-refractivity contribution in [1.29, 1.82) is 0 Å². The number of hydrogen-bond donors (Lipinski definition) is 1. The monoisotopic (exact) mass is 1100 g/mol. The van der Waals surface area contributed by atoms with Gasteiger partial charge in [-0.15, -0.1) is 0 Å². The highest BCUT2D eigenvalue weighted by Gasteiger charge is 2.27. The fraction of sp³-hybridized carbons (Fsp3) is 0.821. The highest BCUT2D eigenvalue weighted by Crippen LogP contribution is 2.38. The fourth-order valence-corrected chi connectivity index (χ4v) is 10.1. The lowest BCUT2D eigenvalue weighted by Gasteiger charge is -2.30. The third-order valence-corrected chi connectivity index (χ3v) is 15.4. The van der Waals surface area contributed by atoms with Crippen LogP contribution < -0.4 is 10.2 Å². The Hall–Kier alpha value is -2.29. The molecular formula is C67H125N2O7P. The quantitative estimate of drug-likeness (QED) is 0.0212. The summed E-state index contributed by atoms with van der Waals surface area (Å²) >= 11 is 0. The highest BCUT2D eigenvalue weighted by atomic mass is 31.2. The number of esters is 1. The van der Waals surface area contributed by atoms with Crippen molar-refractivity contribution in [2.75, 3.05) is 40.9 Å². The fourth-order valence-electron chi connectivity index (χ4n) is 9.39. The molecule has 0 saturated heterocycles. The van der Waals surface area contributed by atoms with Gasteiger partial charge in [-0.25, -0.2) is 0 Å². The van der Waals surface area contributed by atoms with Crippen molar-refractivity contribution >= 4 is 19.7 Å². The lowest BCUT2D eigenvalue weighted by atomic mass is 10.0. The minimum absolute atomic E-state index is 0.0234. The van der Waals surface area contributed by atoms with Crippen LogP contribution in [-0.2, 0) is 27.9 Å². The summed E-state index contributed by atoms with van der Waals surface area (Å²) in [5, 5.41) is 3.03. The van der Waals surface area contributed by atoms with Gasteiger partial charge >= 0.3 is 5.97 Å². The largest absolute Gasteiger partial charge is 0.756 e. The van der Waals surface area contributed by atoms with Crippen LogP contribution in [0.25, 0.3) is 0 Å². The summed E-state index contributed by atoms with van der Waals surface area (Å²) in [4.78, 5) is 40.0. The second-order valence-corrected chi connectivity index (χ2v) is 24.7. The smallest absolute Gasteiger partial charge is 0.306 e. The van der Waals surface area contributed by atoms with Crippen LogP contribution in [0.5, 0.6) is 0 Å². The molecule has 1 amide bonds. The third kappa shape index (κ3) is 58.2. The van der Waals surface area contributed by atoms with Crippen molar-refractivity contribution in [2.24, 2.45) is 0 Å². The first kappa shape index (κ1) is 74.7. The van der Waals surface area contributed by atoms with Crippen LogP contribution >= 0.6 is 7.82 Å². The molecule has 0 fully saturated rings. The van der Waals surface area contributed by atoms with Gasteiger partial charge in [0.2, 0.25) is 5.91 Å². The molecule has 0 aliphatic rings. The third-order valence-electron chi connectivity index (χ3n) is 14.5. The first-order valence-electron chi connectivity index (χ1n) is 32.6. The van der Waals surface area contributed by atoms with Gasteiger partial charge in [0.1, 0.15) is 19.3 Å². The number of likely N-dealkylation sites (N-methyl/N-ethyl adjacent to an activating group) is 1. The van der Waals surface area contributed by atoms with Gasteiger partial charge in [0, 0.05) is 12.8 Å². The van der Waals surface area contributed by atoms with Gasteiger partial charge in [0.15, 0.2) is 0 Å². The molecule has 1 N–H and O–H groups in total. The van der Waals surface area contributed by atoms with E-state index in [9.17, 15) is 19.0 Å². The molecule has 0 aromatic heterocycles. The average Bonchev–Trinajstić information content (AvgIpc) is 3.39. The van der Waals surface area contributed by atoms with Gasteiger partial charge in [0.05, 0.1) is 33.8 Å². The first-order valence-corrected chi connectivity index (χ1v) is 34.1. The van der Waals surface area contributed by atoms with E-state index in [1.54, 1.807) is 0 Å². The van der Waals surface area contributed by atoms with E-state index in [0.717, 1.165) is 89.9 Å². The molecule has 9 nitrogen and oxygen atoms in total. The number of amides is 1. The molecule has 0 aliphatic carbocycles. The Morgan fingerprint density at radius 1 is 0.455 bits per heavy atom. The Morgan fingerprint density at radius 3 is 1.21 bits per heavy atom. The molecular weight excluding hydrogens is 976 g/mol. The lowest BCUT2D eigenvalue weighted by molar-refractivity contribution is -0.870. The number of hydrogen-bond acceptors (Lipinski definition) is 7. The van der Waals surface area contributed by atoms with Gasteiger partial charge in [-0.05, 0) is 76.7 Å². The van der Waals surface area contributed by atoms with E-state index in [0.29, 0.717) is 17.4 Å². The van der Waals surface area contributed by atoms with Gasteiger partial charge in [-0.2, -0.15) is 0 Å². The predicted octanol–water partition coefficient (Wildman–Crippen LogP) is 19.6.